The van der Waals surface area contributed by atoms with E-state index < -0.39 is 0 Å². The lowest BCUT2D eigenvalue weighted by Crippen LogP contribution is -2.25. The molecule has 0 saturated carbocycles. The Balaban J connectivity index is 1.30. The predicted octanol–water partition coefficient (Wildman–Crippen LogP) is 5.69. The van der Waals surface area contributed by atoms with Gasteiger partial charge in [0, 0.05) is 24.2 Å². The van der Waals surface area contributed by atoms with E-state index in [9.17, 15) is 4.79 Å². The number of hydrogen-bond acceptors (Lipinski definition) is 8. The summed E-state index contributed by atoms with van der Waals surface area (Å²) in [4.78, 5) is 19.8. The molecule has 1 aliphatic heterocycles. The summed E-state index contributed by atoms with van der Waals surface area (Å²) < 4.78 is 21.9. The molecule has 0 radical (unpaired) electrons. The molecule has 202 valence electrons. The monoisotopic (exact) mass is 545 g/mol. The fourth-order valence-corrected chi connectivity index (χ4v) is 5.16. The van der Waals surface area contributed by atoms with Crippen molar-refractivity contribution >= 4 is 22.9 Å². The number of benzene rings is 3. The number of methoxy groups -OCH3 is 2. The third kappa shape index (κ3) is 6.68. The van der Waals surface area contributed by atoms with Gasteiger partial charge in [-0.05, 0) is 60.9 Å². The lowest BCUT2D eigenvalue weighted by atomic mass is 10.1. The molecule has 0 spiro atoms. The summed E-state index contributed by atoms with van der Waals surface area (Å²) in [7, 11) is 3.27. The van der Waals surface area contributed by atoms with Crippen LogP contribution in [0.3, 0.4) is 0 Å². The topological polar surface area (TPSA) is 82.2 Å². The highest BCUT2D eigenvalue weighted by atomic mass is 32.1. The van der Waals surface area contributed by atoms with E-state index in [4.69, 9.17) is 18.9 Å². The minimum atomic E-state index is -0.214. The zero-order valence-corrected chi connectivity index (χ0v) is 23.0. The molecule has 0 bridgehead atoms. The average molecular weight is 546 g/mol. The van der Waals surface area contributed by atoms with Crippen LogP contribution in [0.25, 0.3) is 0 Å². The van der Waals surface area contributed by atoms with Crippen molar-refractivity contribution in [2.75, 3.05) is 32.9 Å². The van der Waals surface area contributed by atoms with Crippen molar-refractivity contribution in [3.8, 4) is 23.0 Å². The van der Waals surface area contributed by atoms with E-state index in [0.29, 0.717) is 30.3 Å². The first kappa shape index (κ1) is 26.5. The number of thiazole rings is 1. The molecular formula is C30H31N3O5S. The predicted molar refractivity (Wildman–Crippen MR) is 151 cm³/mol. The standard InChI is InChI=1S/C30H31N3O5S/c1-20-4-8-23(9-5-20)31-30(34)24-18-39-29(32-24)17-33(16-22-7-11-26-28(15-22)38-19-37-26)13-12-21-6-10-25(35-2)27(14-21)36-3/h4-11,14-15,18H,12-13,16-17,19H2,1-3H3,(H,31,34). The number of carbonyl (C=O) groups is 1. The molecular weight excluding hydrogens is 514 g/mol. The van der Waals surface area contributed by atoms with Gasteiger partial charge in [0.15, 0.2) is 23.0 Å². The molecule has 1 N–H and O–H groups in total. The Labute approximate surface area is 232 Å². The first-order chi connectivity index (χ1) is 19.0. The number of aryl methyl sites for hydroxylation is 1. The van der Waals surface area contributed by atoms with Crippen LogP contribution in [0.4, 0.5) is 5.69 Å². The van der Waals surface area contributed by atoms with E-state index in [-0.39, 0.29) is 12.7 Å². The molecule has 1 aliphatic rings. The maximum Gasteiger partial charge on any atom is 0.275 e. The number of amides is 1. The number of fused-ring (bicyclic) bond motifs is 1. The van der Waals surface area contributed by atoms with Gasteiger partial charge in [0.25, 0.3) is 5.91 Å². The van der Waals surface area contributed by atoms with E-state index in [2.05, 4.69) is 27.3 Å². The molecule has 1 aromatic heterocycles. The Bertz CT molecular complexity index is 1440. The average Bonchev–Trinajstić information content (AvgIpc) is 3.62. The number of nitrogens with zero attached hydrogens (tertiary/aromatic N) is 2. The number of ether oxygens (including phenoxy) is 4. The number of aromatic nitrogens is 1. The van der Waals surface area contributed by atoms with Crippen molar-refractivity contribution in [1.82, 2.24) is 9.88 Å². The first-order valence-corrected chi connectivity index (χ1v) is 13.5. The Morgan fingerprint density at radius 3 is 2.51 bits per heavy atom. The smallest absolute Gasteiger partial charge is 0.275 e. The molecule has 4 aromatic rings. The van der Waals surface area contributed by atoms with Gasteiger partial charge in [-0.1, -0.05) is 29.8 Å². The molecule has 39 heavy (non-hydrogen) atoms. The van der Waals surface area contributed by atoms with Crippen LogP contribution >= 0.6 is 11.3 Å². The summed E-state index contributed by atoms with van der Waals surface area (Å²) >= 11 is 1.49. The summed E-state index contributed by atoms with van der Waals surface area (Å²) in [5.74, 6) is 2.73. The highest BCUT2D eigenvalue weighted by Gasteiger charge is 2.18. The number of nitrogens with one attached hydrogen (secondary N) is 1. The van der Waals surface area contributed by atoms with Crippen LogP contribution < -0.4 is 24.3 Å². The van der Waals surface area contributed by atoms with Crippen molar-refractivity contribution in [3.05, 3.63) is 93.4 Å². The third-order valence-electron chi connectivity index (χ3n) is 6.46. The molecule has 5 rings (SSSR count). The van der Waals surface area contributed by atoms with Crippen LogP contribution in [0, 0.1) is 6.92 Å². The van der Waals surface area contributed by atoms with Gasteiger partial charge in [0.2, 0.25) is 6.79 Å². The number of carbonyl (C=O) groups excluding carboxylic acids is 1. The van der Waals surface area contributed by atoms with Crippen LogP contribution in [0.1, 0.15) is 32.2 Å². The van der Waals surface area contributed by atoms with E-state index in [1.165, 1.54) is 11.3 Å². The van der Waals surface area contributed by atoms with Crippen LogP contribution in [-0.4, -0.2) is 43.3 Å². The molecule has 9 heteroatoms. The first-order valence-electron chi connectivity index (χ1n) is 12.6. The third-order valence-corrected chi connectivity index (χ3v) is 7.29. The molecule has 0 unspecified atom stereocenters. The summed E-state index contributed by atoms with van der Waals surface area (Å²) in [6.45, 7) is 4.32. The Morgan fingerprint density at radius 2 is 1.72 bits per heavy atom. The van der Waals surface area contributed by atoms with E-state index in [1.807, 2.05) is 60.8 Å². The summed E-state index contributed by atoms with van der Waals surface area (Å²) in [5.41, 5.74) is 4.55. The van der Waals surface area contributed by atoms with Crippen molar-refractivity contribution in [1.29, 1.82) is 0 Å². The largest absolute Gasteiger partial charge is 0.493 e. The molecule has 3 aromatic carbocycles. The van der Waals surface area contributed by atoms with Gasteiger partial charge in [-0.2, -0.15) is 0 Å². The zero-order chi connectivity index (χ0) is 27.2. The molecule has 2 heterocycles. The van der Waals surface area contributed by atoms with E-state index in [0.717, 1.165) is 51.8 Å². The number of hydrogen-bond donors (Lipinski definition) is 1. The Hall–Kier alpha value is -4.08. The van der Waals surface area contributed by atoms with Crippen molar-refractivity contribution in [2.24, 2.45) is 0 Å². The summed E-state index contributed by atoms with van der Waals surface area (Å²) in [6, 6.07) is 19.7. The molecule has 0 fully saturated rings. The van der Waals surface area contributed by atoms with Crippen LogP contribution in [0.5, 0.6) is 23.0 Å². The normalized spacial score (nSPS) is 12.0. The maximum atomic E-state index is 12.8. The van der Waals surface area contributed by atoms with Gasteiger partial charge in [0.05, 0.1) is 20.8 Å². The highest BCUT2D eigenvalue weighted by Crippen LogP contribution is 2.33. The van der Waals surface area contributed by atoms with E-state index in [1.54, 1.807) is 14.2 Å². The second-order valence-corrected chi connectivity index (χ2v) is 10.2. The highest BCUT2D eigenvalue weighted by molar-refractivity contribution is 7.09. The van der Waals surface area contributed by atoms with Gasteiger partial charge >= 0.3 is 0 Å². The fourth-order valence-electron chi connectivity index (χ4n) is 4.35. The van der Waals surface area contributed by atoms with Crippen molar-refractivity contribution in [2.45, 2.75) is 26.4 Å². The molecule has 0 atom stereocenters. The zero-order valence-electron chi connectivity index (χ0n) is 22.2. The van der Waals surface area contributed by atoms with Crippen molar-refractivity contribution < 1.29 is 23.7 Å². The van der Waals surface area contributed by atoms with Gasteiger partial charge in [-0.3, -0.25) is 9.69 Å². The van der Waals surface area contributed by atoms with E-state index >= 15 is 0 Å². The minimum Gasteiger partial charge on any atom is -0.493 e. The maximum absolute atomic E-state index is 12.8. The van der Waals surface area contributed by atoms with Crippen LogP contribution in [-0.2, 0) is 19.5 Å². The number of anilines is 1. The van der Waals surface area contributed by atoms with Crippen molar-refractivity contribution in [3.63, 3.8) is 0 Å². The van der Waals surface area contributed by atoms with Gasteiger partial charge in [-0.25, -0.2) is 4.98 Å². The molecule has 0 saturated heterocycles. The summed E-state index contributed by atoms with van der Waals surface area (Å²) in [6.07, 6.45) is 0.803. The Morgan fingerprint density at radius 1 is 0.949 bits per heavy atom. The van der Waals surface area contributed by atoms with Gasteiger partial charge < -0.3 is 24.3 Å². The molecule has 8 nitrogen and oxygen atoms in total. The Kier molecular flexibility index (Phi) is 8.29. The van der Waals surface area contributed by atoms with Crippen LogP contribution in [0.2, 0.25) is 0 Å². The quantitative estimate of drug-likeness (QED) is 0.259. The fraction of sp³-hybridized carbons (Fsp3) is 0.267. The SMILES string of the molecule is COc1ccc(CCN(Cc2ccc3c(c2)OCO3)Cc2nc(C(=O)Nc3ccc(C)cc3)cs2)cc1OC. The second-order valence-electron chi connectivity index (χ2n) is 9.28. The lowest BCUT2D eigenvalue weighted by Gasteiger charge is -2.22. The minimum absolute atomic E-state index is 0.214. The van der Waals surface area contributed by atoms with Gasteiger partial charge in [0.1, 0.15) is 10.7 Å². The second kappa shape index (κ2) is 12.2. The molecule has 1 amide bonds. The lowest BCUT2D eigenvalue weighted by molar-refractivity contribution is 0.102. The summed E-state index contributed by atoms with van der Waals surface area (Å²) in [5, 5.41) is 5.61. The number of rotatable bonds is 11. The molecule has 0 aliphatic carbocycles. The van der Waals surface area contributed by atoms with Gasteiger partial charge in [-0.15, -0.1) is 11.3 Å². The van der Waals surface area contributed by atoms with Crippen LogP contribution in [0.15, 0.2) is 66.0 Å².